The fraction of sp³-hybridized carbons (Fsp3) is 0.500. The minimum atomic E-state index is -0.790. The van der Waals surface area contributed by atoms with E-state index in [9.17, 15) is 9.90 Å². The molecule has 1 aromatic carbocycles. The Balaban J connectivity index is 1.89. The highest BCUT2D eigenvalue weighted by Gasteiger charge is 2.24. The maximum Gasteiger partial charge on any atom is 0.249 e. The molecule has 0 saturated carbocycles. The summed E-state index contributed by atoms with van der Waals surface area (Å²) in [5.74, 6) is 0.452. The summed E-state index contributed by atoms with van der Waals surface area (Å²) >= 11 is 0. The van der Waals surface area contributed by atoms with Crippen LogP contribution in [0.3, 0.4) is 0 Å². The fourth-order valence-corrected chi connectivity index (χ4v) is 2.15. The minimum absolute atomic E-state index is 0.152. The molecule has 1 aromatic rings. The summed E-state index contributed by atoms with van der Waals surface area (Å²) in [7, 11) is 1.55. The number of benzene rings is 1. The number of carbonyl (C=O) groups excluding carboxylic acids is 1. The van der Waals surface area contributed by atoms with Crippen LogP contribution in [-0.4, -0.2) is 37.4 Å². The highest BCUT2D eigenvalue weighted by molar-refractivity contribution is 5.81. The SMILES string of the molecule is COc1ccccc1C(O)CNC(=O)C1CCCO1. The number of nitrogens with one attached hydrogen (secondary N) is 1. The molecule has 0 bridgehead atoms. The Hall–Kier alpha value is -1.59. The second-order valence-corrected chi connectivity index (χ2v) is 4.50. The number of amides is 1. The van der Waals surface area contributed by atoms with Gasteiger partial charge in [0, 0.05) is 18.7 Å². The van der Waals surface area contributed by atoms with E-state index in [0.717, 1.165) is 12.8 Å². The Morgan fingerprint density at radius 3 is 3.05 bits per heavy atom. The third-order valence-electron chi connectivity index (χ3n) is 3.19. The van der Waals surface area contributed by atoms with Gasteiger partial charge in [-0.15, -0.1) is 0 Å². The number of rotatable bonds is 5. The number of aliphatic hydroxyl groups is 1. The normalized spacial score (nSPS) is 20.0. The van der Waals surface area contributed by atoms with Crippen molar-refractivity contribution >= 4 is 5.91 Å². The van der Waals surface area contributed by atoms with Crippen LogP contribution in [0.25, 0.3) is 0 Å². The molecule has 2 unspecified atom stereocenters. The van der Waals surface area contributed by atoms with Crippen LogP contribution in [0.1, 0.15) is 24.5 Å². The third-order valence-corrected chi connectivity index (χ3v) is 3.19. The van der Waals surface area contributed by atoms with Crippen LogP contribution in [0.15, 0.2) is 24.3 Å². The molecule has 2 atom stereocenters. The lowest BCUT2D eigenvalue weighted by atomic mass is 10.1. The van der Waals surface area contributed by atoms with Gasteiger partial charge in [-0.1, -0.05) is 18.2 Å². The largest absolute Gasteiger partial charge is 0.496 e. The van der Waals surface area contributed by atoms with E-state index in [4.69, 9.17) is 9.47 Å². The molecule has 5 heteroatoms. The van der Waals surface area contributed by atoms with Crippen molar-refractivity contribution in [2.75, 3.05) is 20.3 Å². The Morgan fingerprint density at radius 2 is 2.37 bits per heavy atom. The topological polar surface area (TPSA) is 67.8 Å². The van der Waals surface area contributed by atoms with E-state index in [0.29, 0.717) is 17.9 Å². The lowest BCUT2D eigenvalue weighted by Crippen LogP contribution is -2.36. The van der Waals surface area contributed by atoms with Gasteiger partial charge in [0.05, 0.1) is 13.2 Å². The number of hydrogen-bond acceptors (Lipinski definition) is 4. The molecule has 1 amide bonds. The van der Waals surface area contributed by atoms with Crippen LogP contribution >= 0.6 is 0 Å². The fourth-order valence-electron chi connectivity index (χ4n) is 2.15. The molecule has 2 N–H and O–H groups in total. The molecule has 1 heterocycles. The van der Waals surface area contributed by atoms with Gasteiger partial charge in [0.2, 0.25) is 5.91 Å². The third kappa shape index (κ3) is 3.45. The van der Waals surface area contributed by atoms with Gasteiger partial charge in [0.1, 0.15) is 11.9 Å². The second kappa shape index (κ2) is 6.54. The Kier molecular flexibility index (Phi) is 4.76. The monoisotopic (exact) mass is 265 g/mol. The molecule has 0 aliphatic carbocycles. The van der Waals surface area contributed by atoms with Gasteiger partial charge in [-0.25, -0.2) is 0 Å². The number of ether oxygens (including phenoxy) is 2. The maximum absolute atomic E-state index is 11.8. The van der Waals surface area contributed by atoms with Crippen molar-refractivity contribution in [3.05, 3.63) is 29.8 Å². The van der Waals surface area contributed by atoms with Crippen LogP contribution in [0.2, 0.25) is 0 Å². The lowest BCUT2D eigenvalue weighted by Gasteiger charge is -2.16. The smallest absolute Gasteiger partial charge is 0.249 e. The zero-order valence-electron chi connectivity index (χ0n) is 11.0. The average molecular weight is 265 g/mol. The Labute approximate surface area is 112 Å². The van der Waals surface area contributed by atoms with E-state index in [1.807, 2.05) is 12.1 Å². The molecule has 5 nitrogen and oxygen atoms in total. The Morgan fingerprint density at radius 1 is 1.58 bits per heavy atom. The summed E-state index contributed by atoms with van der Waals surface area (Å²) in [5, 5.41) is 12.8. The summed E-state index contributed by atoms with van der Waals surface area (Å²) in [6.45, 7) is 0.784. The van der Waals surface area contributed by atoms with Gasteiger partial charge in [-0.05, 0) is 18.9 Å². The molecule has 1 fully saturated rings. The minimum Gasteiger partial charge on any atom is -0.496 e. The number of methoxy groups -OCH3 is 1. The first kappa shape index (κ1) is 13.8. The van der Waals surface area contributed by atoms with Crippen LogP contribution in [-0.2, 0) is 9.53 Å². The predicted molar refractivity (Wildman–Crippen MR) is 69.9 cm³/mol. The maximum atomic E-state index is 11.8. The van der Waals surface area contributed by atoms with Gasteiger partial charge in [-0.2, -0.15) is 0 Å². The molecular weight excluding hydrogens is 246 g/mol. The van der Waals surface area contributed by atoms with Gasteiger partial charge in [0.15, 0.2) is 0 Å². The average Bonchev–Trinajstić information content (AvgIpc) is 2.98. The van der Waals surface area contributed by atoms with Crippen molar-refractivity contribution in [3.63, 3.8) is 0 Å². The first-order valence-corrected chi connectivity index (χ1v) is 6.42. The van der Waals surface area contributed by atoms with Gasteiger partial charge >= 0.3 is 0 Å². The molecule has 104 valence electrons. The van der Waals surface area contributed by atoms with E-state index >= 15 is 0 Å². The van der Waals surface area contributed by atoms with Crippen LogP contribution < -0.4 is 10.1 Å². The van der Waals surface area contributed by atoms with E-state index in [-0.39, 0.29) is 18.6 Å². The number of aliphatic hydroxyl groups excluding tert-OH is 1. The highest BCUT2D eigenvalue weighted by atomic mass is 16.5. The first-order chi connectivity index (χ1) is 9.22. The van der Waals surface area contributed by atoms with Crippen molar-refractivity contribution in [1.29, 1.82) is 0 Å². The molecule has 0 spiro atoms. The summed E-state index contributed by atoms with van der Waals surface area (Å²) in [6.07, 6.45) is 0.496. The molecule has 0 aromatic heterocycles. The standard InChI is InChI=1S/C14H19NO4/c1-18-12-6-3-2-5-10(12)11(16)9-15-14(17)13-7-4-8-19-13/h2-3,5-6,11,13,16H,4,7-9H2,1H3,(H,15,17). The predicted octanol–water partition coefficient (Wildman–Crippen LogP) is 1.02. The van der Waals surface area contributed by atoms with Crippen molar-refractivity contribution in [2.45, 2.75) is 25.0 Å². The summed E-state index contributed by atoms with van der Waals surface area (Å²) in [4.78, 5) is 11.8. The number of para-hydroxylation sites is 1. The van der Waals surface area contributed by atoms with E-state index in [1.54, 1.807) is 19.2 Å². The summed E-state index contributed by atoms with van der Waals surface area (Å²) < 4.78 is 10.5. The molecule has 1 saturated heterocycles. The van der Waals surface area contributed by atoms with E-state index in [2.05, 4.69) is 5.32 Å². The van der Waals surface area contributed by atoms with Crippen LogP contribution in [0.4, 0.5) is 0 Å². The van der Waals surface area contributed by atoms with Crippen molar-refractivity contribution in [2.24, 2.45) is 0 Å². The first-order valence-electron chi connectivity index (χ1n) is 6.42. The zero-order valence-corrected chi connectivity index (χ0v) is 11.0. The summed E-state index contributed by atoms with van der Waals surface area (Å²) in [6, 6.07) is 7.21. The number of hydrogen-bond donors (Lipinski definition) is 2. The van der Waals surface area contributed by atoms with Crippen molar-refractivity contribution < 1.29 is 19.4 Å². The molecule has 1 aliphatic rings. The lowest BCUT2D eigenvalue weighted by molar-refractivity contribution is -0.130. The Bertz CT molecular complexity index is 429. The van der Waals surface area contributed by atoms with E-state index in [1.165, 1.54) is 0 Å². The van der Waals surface area contributed by atoms with Gasteiger partial charge in [0.25, 0.3) is 0 Å². The van der Waals surface area contributed by atoms with E-state index < -0.39 is 6.10 Å². The van der Waals surface area contributed by atoms with Crippen molar-refractivity contribution in [1.82, 2.24) is 5.32 Å². The second-order valence-electron chi connectivity index (χ2n) is 4.50. The zero-order chi connectivity index (χ0) is 13.7. The molecule has 1 aliphatic heterocycles. The number of carbonyl (C=O) groups is 1. The van der Waals surface area contributed by atoms with Crippen LogP contribution in [0.5, 0.6) is 5.75 Å². The summed E-state index contributed by atoms with van der Waals surface area (Å²) in [5.41, 5.74) is 0.664. The van der Waals surface area contributed by atoms with Gasteiger partial charge < -0.3 is 19.9 Å². The molecule has 2 rings (SSSR count). The molecule has 0 radical (unpaired) electrons. The quantitative estimate of drug-likeness (QED) is 0.834. The van der Waals surface area contributed by atoms with Crippen LogP contribution in [0, 0.1) is 0 Å². The highest BCUT2D eigenvalue weighted by Crippen LogP contribution is 2.24. The van der Waals surface area contributed by atoms with Crippen molar-refractivity contribution in [3.8, 4) is 5.75 Å². The van der Waals surface area contributed by atoms with Gasteiger partial charge in [-0.3, -0.25) is 4.79 Å². The molecule has 19 heavy (non-hydrogen) atoms. The molecular formula is C14H19NO4.